The SMILES string of the molecule is CC[C@@H](Sc1ccc(Cl)cc1)C(=O)Nc1ccc(S(=O)(=O)Nc2cccc(Cl)c2C)cc1. The van der Waals surface area contributed by atoms with Crippen molar-refractivity contribution in [2.24, 2.45) is 0 Å². The van der Waals surface area contributed by atoms with E-state index in [-0.39, 0.29) is 16.1 Å². The van der Waals surface area contributed by atoms with Gasteiger partial charge in [-0.2, -0.15) is 0 Å². The molecule has 5 nitrogen and oxygen atoms in total. The smallest absolute Gasteiger partial charge is 0.261 e. The third kappa shape index (κ3) is 6.19. The Hall–Kier alpha value is -2.19. The summed E-state index contributed by atoms with van der Waals surface area (Å²) in [4.78, 5) is 13.7. The van der Waals surface area contributed by atoms with Crippen molar-refractivity contribution in [3.05, 3.63) is 82.3 Å². The fraction of sp³-hybridized carbons (Fsp3) is 0.174. The average Bonchev–Trinajstić information content (AvgIpc) is 2.76. The quantitative estimate of drug-likeness (QED) is 0.335. The molecule has 3 aromatic rings. The zero-order valence-electron chi connectivity index (χ0n) is 17.4. The van der Waals surface area contributed by atoms with E-state index < -0.39 is 10.0 Å². The van der Waals surface area contributed by atoms with Crippen molar-refractivity contribution in [2.75, 3.05) is 10.0 Å². The molecular formula is C23H22Cl2N2O3S2. The minimum Gasteiger partial charge on any atom is -0.325 e. The van der Waals surface area contributed by atoms with E-state index in [1.807, 2.05) is 19.1 Å². The third-order valence-corrected chi connectivity index (χ3v) is 8.12. The van der Waals surface area contributed by atoms with E-state index in [2.05, 4.69) is 10.0 Å². The first kappa shape index (κ1) is 24.5. The highest BCUT2D eigenvalue weighted by Crippen LogP contribution is 2.28. The number of carbonyl (C=O) groups excluding carboxylic acids is 1. The summed E-state index contributed by atoms with van der Waals surface area (Å²) >= 11 is 13.4. The summed E-state index contributed by atoms with van der Waals surface area (Å²) < 4.78 is 28.0. The summed E-state index contributed by atoms with van der Waals surface area (Å²) in [7, 11) is -3.80. The minimum absolute atomic E-state index is 0.0810. The lowest BCUT2D eigenvalue weighted by Gasteiger charge is -2.15. The summed E-state index contributed by atoms with van der Waals surface area (Å²) in [6.07, 6.45) is 0.633. The van der Waals surface area contributed by atoms with Crippen LogP contribution in [0.5, 0.6) is 0 Å². The van der Waals surface area contributed by atoms with Gasteiger partial charge in [-0.3, -0.25) is 9.52 Å². The van der Waals surface area contributed by atoms with Crippen LogP contribution in [0.4, 0.5) is 11.4 Å². The first-order valence-electron chi connectivity index (χ1n) is 9.80. The van der Waals surface area contributed by atoms with Crippen molar-refractivity contribution < 1.29 is 13.2 Å². The first-order valence-corrected chi connectivity index (χ1v) is 12.9. The molecule has 0 radical (unpaired) electrons. The summed E-state index contributed by atoms with van der Waals surface area (Å²) in [5.41, 5.74) is 1.58. The topological polar surface area (TPSA) is 75.3 Å². The lowest BCUT2D eigenvalue weighted by Crippen LogP contribution is -2.24. The van der Waals surface area contributed by atoms with Gasteiger partial charge >= 0.3 is 0 Å². The summed E-state index contributed by atoms with van der Waals surface area (Å²) in [6, 6.07) is 18.4. The van der Waals surface area contributed by atoms with Crippen molar-refractivity contribution in [3.63, 3.8) is 0 Å². The number of halogens is 2. The third-order valence-electron chi connectivity index (χ3n) is 4.70. The molecule has 1 atom stereocenters. The van der Waals surface area contributed by atoms with Crippen LogP contribution in [0.25, 0.3) is 0 Å². The highest BCUT2D eigenvalue weighted by Gasteiger charge is 2.19. The Bertz CT molecular complexity index is 1200. The van der Waals surface area contributed by atoms with Crippen LogP contribution in [-0.2, 0) is 14.8 Å². The Morgan fingerprint density at radius 2 is 1.66 bits per heavy atom. The molecule has 1 amide bonds. The summed E-state index contributed by atoms with van der Waals surface area (Å²) in [6.45, 7) is 3.68. The molecule has 0 heterocycles. The Morgan fingerprint density at radius 1 is 1.00 bits per heavy atom. The largest absolute Gasteiger partial charge is 0.325 e. The highest BCUT2D eigenvalue weighted by molar-refractivity contribution is 8.00. The molecule has 32 heavy (non-hydrogen) atoms. The molecule has 0 aliphatic carbocycles. The van der Waals surface area contributed by atoms with Gasteiger partial charge in [-0.15, -0.1) is 11.8 Å². The second kappa shape index (κ2) is 10.6. The maximum absolute atomic E-state index is 12.7. The van der Waals surface area contributed by atoms with E-state index in [9.17, 15) is 13.2 Å². The molecule has 0 bridgehead atoms. The van der Waals surface area contributed by atoms with E-state index in [0.717, 1.165) is 4.90 Å². The number of hydrogen-bond donors (Lipinski definition) is 2. The average molecular weight is 509 g/mol. The molecular weight excluding hydrogens is 487 g/mol. The Morgan fingerprint density at radius 3 is 2.28 bits per heavy atom. The Labute approximate surface area is 202 Å². The fourth-order valence-corrected chi connectivity index (χ4v) is 5.24. The lowest BCUT2D eigenvalue weighted by atomic mass is 10.2. The van der Waals surface area contributed by atoms with Crippen LogP contribution in [0, 0.1) is 6.92 Å². The van der Waals surface area contributed by atoms with E-state index in [1.165, 1.54) is 23.9 Å². The molecule has 9 heteroatoms. The molecule has 0 unspecified atom stereocenters. The molecule has 0 saturated heterocycles. The maximum Gasteiger partial charge on any atom is 0.261 e. The van der Waals surface area contributed by atoms with Crippen LogP contribution >= 0.6 is 35.0 Å². The lowest BCUT2D eigenvalue weighted by molar-refractivity contribution is -0.115. The Kier molecular flexibility index (Phi) is 8.11. The Balaban J connectivity index is 1.68. The van der Waals surface area contributed by atoms with Crippen LogP contribution in [0.15, 0.2) is 76.5 Å². The number of thioether (sulfide) groups is 1. The molecule has 0 fully saturated rings. The predicted octanol–water partition coefficient (Wildman–Crippen LogP) is 6.61. The molecule has 3 rings (SSSR count). The molecule has 0 aromatic heterocycles. The summed E-state index contributed by atoms with van der Waals surface area (Å²) in [5, 5.41) is 3.67. The number of carbonyl (C=O) groups is 1. The predicted molar refractivity (Wildman–Crippen MR) is 133 cm³/mol. The second-order valence-electron chi connectivity index (χ2n) is 7.00. The second-order valence-corrected chi connectivity index (χ2v) is 10.8. The maximum atomic E-state index is 12.7. The van der Waals surface area contributed by atoms with Gasteiger partial charge in [-0.1, -0.05) is 36.2 Å². The fourth-order valence-electron chi connectivity index (χ4n) is 2.86. The number of anilines is 2. The number of hydrogen-bond acceptors (Lipinski definition) is 4. The van der Waals surface area contributed by atoms with Gasteiger partial charge in [0, 0.05) is 20.6 Å². The van der Waals surface area contributed by atoms with E-state index in [1.54, 1.807) is 49.4 Å². The van der Waals surface area contributed by atoms with Crippen LogP contribution in [0.2, 0.25) is 10.0 Å². The number of rotatable bonds is 8. The van der Waals surface area contributed by atoms with Crippen molar-refractivity contribution >= 4 is 62.3 Å². The van der Waals surface area contributed by atoms with Crippen LogP contribution < -0.4 is 10.0 Å². The monoisotopic (exact) mass is 508 g/mol. The minimum atomic E-state index is -3.80. The standard InChI is InChI=1S/C23H22Cl2N2O3S2/c1-3-22(31-18-11-7-16(24)8-12-18)23(28)26-17-9-13-19(14-10-17)32(29,30)27-21-6-4-5-20(25)15(21)2/h4-14,22,27H,3H2,1-2H3,(H,26,28)/t22-/m1/s1. The zero-order valence-corrected chi connectivity index (χ0v) is 20.6. The van der Waals surface area contributed by atoms with Crippen molar-refractivity contribution in [1.29, 1.82) is 0 Å². The zero-order chi connectivity index (χ0) is 23.3. The highest BCUT2D eigenvalue weighted by atomic mass is 35.5. The van der Waals surface area contributed by atoms with Gasteiger partial charge in [0.2, 0.25) is 5.91 Å². The molecule has 0 aliphatic rings. The number of benzene rings is 3. The van der Waals surface area contributed by atoms with Crippen molar-refractivity contribution in [2.45, 2.75) is 35.3 Å². The van der Waals surface area contributed by atoms with E-state index >= 15 is 0 Å². The molecule has 3 aromatic carbocycles. The van der Waals surface area contributed by atoms with Crippen molar-refractivity contribution in [1.82, 2.24) is 0 Å². The number of sulfonamides is 1. The van der Waals surface area contributed by atoms with Gasteiger partial charge in [0.25, 0.3) is 10.0 Å². The molecule has 2 N–H and O–H groups in total. The normalized spacial score (nSPS) is 12.2. The van der Waals surface area contributed by atoms with Crippen LogP contribution in [0.3, 0.4) is 0 Å². The summed E-state index contributed by atoms with van der Waals surface area (Å²) in [5.74, 6) is -0.157. The van der Waals surface area contributed by atoms with Gasteiger partial charge in [0.1, 0.15) is 0 Å². The molecule has 0 saturated carbocycles. The van der Waals surface area contributed by atoms with Crippen LogP contribution in [0.1, 0.15) is 18.9 Å². The van der Waals surface area contributed by atoms with Gasteiger partial charge in [0.05, 0.1) is 15.8 Å². The molecule has 0 spiro atoms. The van der Waals surface area contributed by atoms with Gasteiger partial charge in [0.15, 0.2) is 0 Å². The van der Waals surface area contributed by atoms with Crippen molar-refractivity contribution in [3.8, 4) is 0 Å². The molecule has 168 valence electrons. The number of nitrogens with one attached hydrogen (secondary N) is 2. The van der Waals surface area contributed by atoms with Gasteiger partial charge < -0.3 is 5.32 Å². The van der Waals surface area contributed by atoms with E-state index in [0.29, 0.717) is 33.4 Å². The van der Waals surface area contributed by atoms with Gasteiger partial charge in [-0.25, -0.2) is 8.42 Å². The molecule has 0 aliphatic heterocycles. The van der Waals surface area contributed by atoms with Crippen LogP contribution in [-0.4, -0.2) is 19.6 Å². The van der Waals surface area contributed by atoms with E-state index in [4.69, 9.17) is 23.2 Å². The number of amides is 1. The van der Waals surface area contributed by atoms with Gasteiger partial charge in [-0.05, 0) is 79.6 Å². The first-order chi connectivity index (χ1) is 15.2.